The van der Waals surface area contributed by atoms with E-state index in [9.17, 15) is 0 Å². The third-order valence-corrected chi connectivity index (χ3v) is 0.993. The molecule has 0 spiro atoms. The van der Waals surface area contributed by atoms with Crippen molar-refractivity contribution in [1.29, 1.82) is 0 Å². The maximum absolute atomic E-state index is 8.38. The highest BCUT2D eigenvalue weighted by Gasteiger charge is 1.79. The molecule has 0 amide bonds. The van der Waals surface area contributed by atoms with E-state index in [4.69, 9.17) is 5.11 Å². The zero-order valence-corrected chi connectivity index (χ0v) is 5.00. The summed E-state index contributed by atoms with van der Waals surface area (Å²) in [5.41, 5.74) is 0. The Morgan fingerprint density at radius 2 is 2.43 bits per heavy atom. The van der Waals surface area contributed by atoms with Crippen LogP contribution in [0.4, 0.5) is 0 Å². The molecule has 0 saturated carbocycles. The summed E-state index contributed by atoms with van der Waals surface area (Å²) in [6.07, 6.45) is 1.56. The van der Waals surface area contributed by atoms with Gasteiger partial charge in [0.15, 0.2) is 0 Å². The van der Waals surface area contributed by atoms with Gasteiger partial charge < -0.3 is 5.11 Å². The van der Waals surface area contributed by atoms with Gasteiger partial charge in [-0.05, 0) is 0 Å². The lowest BCUT2D eigenvalue weighted by Gasteiger charge is -1.66. The average Bonchev–Trinajstić information content (AvgIpc) is 1.86. The summed E-state index contributed by atoms with van der Waals surface area (Å²) in [6, 6.07) is 0. The van der Waals surface area contributed by atoms with Gasteiger partial charge in [0.05, 0.1) is 0 Å². The van der Waals surface area contributed by atoms with E-state index in [2.05, 4.69) is 4.98 Å². The van der Waals surface area contributed by atoms with Crippen molar-refractivity contribution in [3.63, 3.8) is 0 Å². The molecule has 0 atom stereocenters. The first-order valence-corrected chi connectivity index (χ1v) is 2.36. The molecule has 0 aliphatic rings. The molecule has 4 heteroatoms. The molecule has 0 aromatic carbocycles. The van der Waals surface area contributed by atoms with Crippen LogP contribution in [0.5, 0.6) is 5.19 Å². The van der Waals surface area contributed by atoms with Crippen LogP contribution in [-0.2, 0) is 0 Å². The minimum absolute atomic E-state index is 0. The number of aromatic nitrogens is 1. The highest BCUT2D eigenvalue weighted by Crippen LogP contribution is 2.08. The van der Waals surface area contributed by atoms with Crippen LogP contribution in [0, 0.1) is 0 Å². The molecule has 0 saturated heterocycles. The number of nitrogens with zero attached hydrogens (tertiary/aromatic N) is 1. The van der Waals surface area contributed by atoms with Crippen molar-refractivity contribution in [3.8, 4) is 5.19 Å². The van der Waals surface area contributed by atoms with Crippen LogP contribution in [-0.4, -0.2) is 10.1 Å². The van der Waals surface area contributed by atoms with Crippen LogP contribution in [0.15, 0.2) is 11.6 Å². The van der Waals surface area contributed by atoms with Crippen molar-refractivity contribution in [2.75, 3.05) is 0 Å². The number of thiazole rings is 1. The van der Waals surface area contributed by atoms with E-state index in [1.807, 2.05) is 0 Å². The molecule has 7 heavy (non-hydrogen) atoms. The zero-order valence-electron chi connectivity index (χ0n) is 3.37. The fraction of sp³-hybridized carbons (Fsp3) is 0. The van der Waals surface area contributed by atoms with Gasteiger partial charge in [0.1, 0.15) is 0 Å². The van der Waals surface area contributed by atoms with Crippen molar-refractivity contribution in [2.45, 2.75) is 0 Å². The van der Waals surface area contributed by atoms with Crippen LogP contribution < -0.4 is 0 Å². The molecule has 0 bridgehead atoms. The highest BCUT2D eigenvalue weighted by atomic mass is 35.5. The first kappa shape index (κ1) is 6.72. The molecule has 1 aromatic heterocycles. The molecule has 1 rings (SSSR count). The smallest absolute Gasteiger partial charge is 0.270 e. The average molecular weight is 138 g/mol. The molecular formula is C3H4ClNOS. The minimum atomic E-state index is 0. The molecule has 1 heterocycles. The van der Waals surface area contributed by atoms with Crippen LogP contribution in [0.1, 0.15) is 0 Å². The van der Waals surface area contributed by atoms with Crippen LogP contribution in [0.2, 0.25) is 0 Å². The number of halogens is 1. The highest BCUT2D eigenvalue weighted by molar-refractivity contribution is 7.11. The lowest BCUT2D eigenvalue weighted by atomic mass is 11.0. The predicted molar refractivity (Wildman–Crippen MR) is 31.0 cm³/mol. The van der Waals surface area contributed by atoms with Crippen molar-refractivity contribution >= 4 is 23.7 Å². The molecule has 0 unspecified atom stereocenters. The van der Waals surface area contributed by atoms with Gasteiger partial charge in [-0.15, -0.1) is 12.4 Å². The topological polar surface area (TPSA) is 33.1 Å². The van der Waals surface area contributed by atoms with E-state index in [1.54, 1.807) is 11.6 Å². The number of hydrogen-bond acceptors (Lipinski definition) is 3. The first-order valence-electron chi connectivity index (χ1n) is 1.48. The zero-order chi connectivity index (χ0) is 4.41. The molecule has 0 radical (unpaired) electrons. The second kappa shape index (κ2) is 2.82. The monoisotopic (exact) mass is 137 g/mol. The second-order valence-electron chi connectivity index (χ2n) is 0.815. The standard InChI is InChI=1S/C3H3NOS.ClH/c5-3-4-1-2-6-3;/h1-2H,(H,4,5);1H. The van der Waals surface area contributed by atoms with Crippen LogP contribution in [0.3, 0.4) is 0 Å². The summed E-state index contributed by atoms with van der Waals surface area (Å²) in [6.45, 7) is 0. The van der Waals surface area contributed by atoms with Gasteiger partial charge in [-0.25, -0.2) is 4.98 Å². The van der Waals surface area contributed by atoms with Gasteiger partial charge in [-0.1, -0.05) is 11.3 Å². The largest absolute Gasteiger partial charge is 0.486 e. The second-order valence-corrected chi connectivity index (χ2v) is 1.69. The van der Waals surface area contributed by atoms with Crippen molar-refractivity contribution in [2.24, 2.45) is 0 Å². The first-order chi connectivity index (χ1) is 2.89. The fourth-order valence-electron chi connectivity index (χ4n) is 0.216. The maximum atomic E-state index is 8.38. The SMILES string of the molecule is Cl.Oc1nccs1. The van der Waals surface area contributed by atoms with Gasteiger partial charge >= 0.3 is 0 Å². The quantitative estimate of drug-likeness (QED) is 0.584. The van der Waals surface area contributed by atoms with Gasteiger partial charge in [0, 0.05) is 11.6 Å². The Bertz CT molecular complexity index is 118. The van der Waals surface area contributed by atoms with Gasteiger partial charge in [0.25, 0.3) is 5.19 Å². The molecule has 1 N–H and O–H groups in total. The van der Waals surface area contributed by atoms with Crippen molar-refractivity contribution in [1.82, 2.24) is 4.98 Å². The lowest BCUT2D eigenvalue weighted by molar-refractivity contribution is 0.471. The number of rotatable bonds is 0. The molecule has 0 aliphatic carbocycles. The lowest BCUT2D eigenvalue weighted by Crippen LogP contribution is -1.49. The molecule has 0 fully saturated rings. The summed E-state index contributed by atoms with van der Waals surface area (Å²) >= 11 is 1.22. The van der Waals surface area contributed by atoms with E-state index in [1.165, 1.54) is 11.3 Å². The Kier molecular flexibility index (Phi) is 2.71. The molecule has 2 nitrogen and oxygen atoms in total. The van der Waals surface area contributed by atoms with Crippen molar-refractivity contribution < 1.29 is 5.11 Å². The third kappa shape index (κ3) is 1.75. The van der Waals surface area contributed by atoms with Crippen molar-refractivity contribution in [3.05, 3.63) is 11.6 Å². The van der Waals surface area contributed by atoms with E-state index >= 15 is 0 Å². The van der Waals surface area contributed by atoms with E-state index in [0.29, 0.717) is 0 Å². The predicted octanol–water partition coefficient (Wildman–Crippen LogP) is 1.27. The minimum Gasteiger partial charge on any atom is -0.486 e. The summed E-state index contributed by atoms with van der Waals surface area (Å²) in [5.74, 6) is 0. The van der Waals surface area contributed by atoms with Crippen LogP contribution in [0.25, 0.3) is 0 Å². The normalized spacial score (nSPS) is 7.43. The molecule has 1 aromatic rings. The molecule has 0 aliphatic heterocycles. The summed E-state index contributed by atoms with van der Waals surface area (Å²) in [5, 5.41) is 10.2. The molecule has 40 valence electrons. The Morgan fingerprint density at radius 3 is 2.57 bits per heavy atom. The molecular weight excluding hydrogens is 134 g/mol. The van der Waals surface area contributed by atoms with Gasteiger partial charge in [-0.3, -0.25) is 0 Å². The van der Waals surface area contributed by atoms with Gasteiger partial charge in [0.2, 0.25) is 0 Å². The third-order valence-electron chi connectivity index (χ3n) is 0.419. The summed E-state index contributed by atoms with van der Waals surface area (Å²) in [7, 11) is 0. The number of hydrogen-bond donors (Lipinski definition) is 1. The Hall–Kier alpha value is -0.280. The van der Waals surface area contributed by atoms with Crippen LogP contribution >= 0.6 is 23.7 Å². The van der Waals surface area contributed by atoms with E-state index < -0.39 is 0 Å². The van der Waals surface area contributed by atoms with E-state index in [-0.39, 0.29) is 17.6 Å². The summed E-state index contributed by atoms with van der Waals surface area (Å²) < 4.78 is 0. The summed E-state index contributed by atoms with van der Waals surface area (Å²) in [4.78, 5) is 3.49. The van der Waals surface area contributed by atoms with E-state index in [0.717, 1.165) is 0 Å². The maximum Gasteiger partial charge on any atom is 0.270 e. The Morgan fingerprint density at radius 1 is 1.71 bits per heavy atom. The number of aromatic hydroxyl groups is 1. The Labute approximate surface area is 51.2 Å². The van der Waals surface area contributed by atoms with Gasteiger partial charge in [-0.2, -0.15) is 0 Å². The Balaban J connectivity index is 0.000000360. The fourth-order valence-corrected chi connectivity index (χ4v) is 0.581.